The number of rotatable bonds is 6. The summed E-state index contributed by atoms with van der Waals surface area (Å²) in [7, 11) is 0. The predicted molar refractivity (Wildman–Crippen MR) is 96.7 cm³/mol. The molecule has 0 aliphatic heterocycles. The zero-order chi connectivity index (χ0) is 17.8. The second kappa shape index (κ2) is 7.27. The molecule has 1 aromatic heterocycles. The van der Waals surface area contributed by atoms with Crippen LogP contribution in [0.2, 0.25) is 5.02 Å². The van der Waals surface area contributed by atoms with Gasteiger partial charge >= 0.3 is 0 Å². The molecule has 3 aromatic rings. The Morgan fingerprint density at radius 3 is 2.60 bits per heavy atom. The number of anilines is 1. The third-order valence-corrected chi connectivity index (χ3v) is 3.80. The second-order valence-corrected chi connectivity index (χ2v) is 5.91. The number of aromatic nitrogens is 1. The van der Waals surface area contributed by atoms with Crippen LogP contribution in [0.3, 0.4) is 0 Å². The maximum absolute atomic E-state index is 12.3. The van der Waals surface area contributed by atoms with Gasteiger partial charge in [-0.2, -0.15) is 0 Å². The van der Waals surface area contributed by atoms with Crippen LogP contribution in [0.4, 0.5) is 5.69 Å². The van der Waals surface area contributed by atoms with Crippen LogP contribution in [0.15, 0.2) is 54.7 Å². The van der Waals surface area contributed by atoms with Crippen molar-refractivity contribution in [1.29, 1.82) is 0 Å². The summed E-state index contributed by atoms with van der Waals surface area (Å²) in [6.07, 6.45) is 1.85. The molecule has 7 heteroatoms. The van der Waals surface area contributed by atoms with Crippen molar-refractivity contribution >= 4 is 40.0 Å². The molecule has 128 valence electrons. The summed E-state index contributed by atoms with van der Waals surface area (Å²) in [5.41, 5.74) is 6.55. The fourth-order valence-corrected chi connectivity index (χ4v) is 2.61. The van der Waals surface area contributed by atoms with Gasteiger partial charge in [0, 0.05) is 22.4 Å². The molecule has 0 bridgehead atoms. The molecule has 0 aliphatic rings. The van der Waals surface area contributed by atoms with E-state index in [0.717, 1.165) is 10.9 Å². The van der Waals surface area contributed by atoms with Gasteiger partial charge in [-0.25, -0.2) is 0 Å². The van der Waals surface area contributed by atoms with E-state index < -0.39 is 5.91 Å². The molecule has 25 heavy (non-hydrogen) atoms. The number of benzene rings is 2. The van der Waals surface area contributed by atoms with Gasteiger partial charge in [0.05, 0.1) is 0 Å². The number of ether oxygens (including phenoxy) is 1. The Bertz CT molecular complexity index is 919. The number of halogens is 1. The number of amides is 2. The monoisotopic (exact) mass is 357 g/mol. The minimum absolute atomic E-state index is 0.164. The van der Waals surface area contributed by atoms with Crippen molar-refractivity contribution in [3.05, 3.63) is 59.8 Å². The quantitative estimate of drug-likeness (QED) is 0.711. The van der Waals surface area contributed by atoms with E-state index in [1.807, 2.05) is 35.0 Å². The molecule has 3 rings (SSSR count). The smallest absolute Gasteiger partial charge is 0.255 e. The SMILES string of the molecule is NC(=O)COc1ccc(NC(=O)Cn2ccc3ccc(Cl)cc32)cc1. The molecule has 1 heterocycles. The van der Waals surface area contributed by atoms with Crippen LogP contribution in [0.5, 0.6) is 5.75 Å². The van der Waals surface area contributed by atoms with Crippen LogP contribution >= 0.6 is 11.6 Å². The predicted octanol–water partition coefficient (Wildman–Crippen LogP) is 2.80. The second-order valence-electron chi connectivity index (χ2n) is 5.47. The van der Waals surface area contributed by atoms with Crippen LogP contribution < -0.4 is 15.8 Å². The molecule has 0 unspecified atom stereocenters. The van der Waals surface area contributed by atoms with Gasteiger partial charge in [-0.1, -0.05) is 17.7 Å². The number of nitrogens with two attached hydrogens (primary N) is 1. The van der Waals surface area contributed by atoms with Crippen LogP contribution in [0, 0.1) is 0 Å². The summed E-state index contributed by atoms with van der Waals surface area (Å²) < 4.78 is 7.00. The molecule has 3 N–H and O–H groups in total. The van der Waals surface area contributed by atoms with Crippen molar-refractivity contribution in [2.24, 2.45) is 5.73 Å². The summed E-state index contributed by atoms with van der Waals surface area (Å²) in [5, 5.41) is 4.46. The first kappa shape index (κ1) is 16.9. The first-order chi connectivity index (χ1) is 12.0. The van der Waals surface area contributed by atoms with Crippen molar-refractivity contribution < 1.29 is 14.3 Å². The molecule has 0 saturated carbocycles. The Kier molecular flexibility index (Phi) is 4.90. The topological polar surface area (TPSA) is 86.4 Å². The summed E-state index contributed by atoms with van der Waals surface area (Å²) in [6.45, 7) is -0.0151. The maximum Gasteiger partial charge on any atom is 0.255 e. The van der Waals surface area contributed by atoms with Gasteiger partial charge in [0.15, 0.2) is 6.61 Å². The fraction of sp³-hybridized carbons (Fsp3) is 0.111. The van der Waals surface area contributed by atoms with Gasteiger partial charge in [0.25, 0.3) is 5.91 Å². The van der Waals surface area contributed by atoms with Crippen molar-refractivity contribution in [3.63, 3.8) is 0 Å². The van der Waals surface area contributed by atoms with Gasteiger partial charge < -0.3 is 20.4 Å². The van der Waals surface area contributed by atoms with Gasteiger partial charge in [0.1, 0.15) is 12.3 Å². The third kappa shape index (κ3) is 4.30. The molecule has 0 saturated heterocycles. The van der Waals surface area contributed by atoms with Crippen LogP contribution in [0.1, 0.15) is 0 Å². The lowest BCUT2D eigenvalue weighted by atomic mass is 10.2. The van der Waals surface area contributed by atoms with E-state index in [-0.39, 0.29) is 19.1 Å². The highest BCUT2D eigenvalue weighted by Gasteiger charge is 2.08. The molecule has 2 amide bonds. The average Bonchev–Trinajstić information content (AvgIpc) is 2.96. The summed E-state index contributed by atoms with van der Waals surface area (Å²) in [5.74, 6) is -0.206. The normalized spacial score (nSPS) is 10.6. The fourth-order valence-electron chi connectivity index (χ4n) is 2.44. The van der Waals surface area contributed by atoms with E-state index in [1.54, 1.807) is 24.3 Å². The average molecular weight is 358 g/mol. The molecular formula is C18H16ClN3O3. The van der Waals surface area contributed by atoms with E-state index in [1.165, 1.54) is 0 Å². The molecule has 0 aliphatic carbocycles. The highest BCUT2D eigenvalue weighted by Crippen LogP contribution is 2.21. The number of primary amides is 1. The molecule has 2 aromatic carbocycles. The van der Waals surface area contributed by atoms with Gasteiger partial charge in [-0.3, -0.25) is 9.59 Å². The van der Waals surface area contributed by atoms with E-state index in [2.05, 4.69) is 5.32 Å². The highest BCUT2D eigenvalue weighted by molar-refractivity contribution is 6.31. The summed E-state index contributed by atoms with van der Waals surface area (Å²) in [6, 6.07) is 14.2. The van der Waals surface area contributed by atoms with E-state index >= 15 is 0 Å². The summed E-state index contributed by atoms with van der Waals surface area (Å²) >= 11 is 6.02. The number of nitrogens with zero attached hydrogens (tertiary/aromatic N) is 1. The summed E-state index contributed by atoms with van der Waals surface area (Å²) in [4.78, 5) is 22.9. The van der Waals surface area contributed by atoms with Crippen molar-refractivity contribution in [3.8, 4) is 5.75 Å². The molecule has 6 nitrogen and oxygen atoms in total. The van der Waals surface area contributed by atoms with E-state index in [9.17, 15) is 9.59 Å². The Morgan fingerprint density at radius 1 is 1.12 bits per heavy atom. The van der Waals surface area contributed by atoms with Crippen molar-refractivity contribution in [2.45, 2.75) is 6.54 Å². The lowest BCUT2D eigenvalue weighted by Gasteiger charge is -2.09. The number of carbonyl (C=O) groups excluding carboxylic acids is 2. The zero-order valence-corrected chi connectivity index (χ0v) is 14.0. The number of fused-ring (bicyclic) bond motifs is 1. The number of hydrogen-bond acceptors (Lipinski definition) is 3. The number of nitrogens with one attached hydrogen (secondary N) is 1. The largest absolute Gasteiger partial charge is 0.484 e. The van der Waals surface area contributed by atoms with Crippen molar-refractivity contribution in [1.82, 2.24) is 4.57 Å². The lowest BCUT2D eigenvalue weighted by molar-refractivity contribution is -0.120. The Labute approximate surface area is 149 Å². The van der Waals surface area contributed by atoms with Crippen LogP contribution in [0.25, 0.3) is 10.9 Å². The standard InChI is InChI=1S/C18H16ClN3O3/c19-13-2-1-12-7-8-22(16(12)9-13)10-18(24)21-14-3-5-15(6-4-14)25-11-17(20)23/h1-9H,10-11H2,(H2,20,23)(H,21,24). The molecular weight excluding hydrogens is 342 g/mol. The highest BCUT2D eigenvalue weighted by atomic mass is 35.5. The van der Waals surface area contributed by atoms with E-state index in [0.29, 0.717) is 16.5 Å². The number of carbonyl (C=O) groups is 2. The Morgan fingerprint density at radius 2 is 1.88 bits per heavy atom. The first-order valence-corrected chi connectivity index (χ1v) is 7.94. The first-order valence-electron chi connectivity index (χ1n) is 7.57. The molecule has 0 atom stereocenters. The zero-order valence-electron chi connectivity index (χ0n) is 13.2. The van der Waals surface area contributed by atoms with E-state index in [4.69, 9.17) is 22.1 Å². The molecule has 0 radical (unpaired) electrons. The lowest BCUT2D eigenvalue weighted by Crippen LogP contribution is -2.20. The van der Waals surface area contributed by atoms with Crippen LogP contribution in [-0.2, 0) is 16.1 Å². The Balaban J connectivity index is 1.63. The maximum atomic E-state index is 12.3. The van der Waals surface area contributed by atoms with Crippen LogP contribution in [-0.4, -0.2) is 23.0 Å². The van der Waals surface area contributed by atoms with Gasteiger partial charge in [-0.15, -0.1) is 0 Å². The Hall–Kier alpha value is -2.99. The van der Waals surface area contributed by atoms with Gasteiger partial charge in [-0.05, 0) is 47.9 Å². The molecule has 0 spiro atoms. The number of hydrogen-bond donors (Lipinski definition) is 2. The minimum Gasteiger partial charge on any atom is -0.484 e. The minimum atomic E-state index is -0.545. The van der Waals surface area contributed by atoms with Gasteiger partial charge in [0.2, 0.25) is 5.91 Å². The third-order valence-electron chi connectivity index (χ3n) is 3.57. The molecule has 0 fully saturated rings. The van der Waals surface area contributed by atoms with Crippen molar-refractivity contribution in [2.75, 3.05) is 11.9 Å².